The number of amides is 2. The first-order valence-corrected chi connectivity index (χ1v) is 12.4. The summed E-state index contributed by atoms with van der Waals surface area (Å²) in [4.78, 5) is 26.5. The van der Waals surface area contributed by atoms with E-state index in [4.69, 9.17) is 24.4 Å². The van der Waals surface area contributed by atoms with E-state index in [-0.39, 0.29) is 6.42 Å². The number of thiocarbonyl (C=S) groups is 2. The Morgan fingerprint density at radius 3 is 1.97 bits per heavy atom. The molecule has 2 N–H and O–H groups in total. The monoisotopic (exact) mass is 486 g/mol. The molecule has 178 valence electrons. The zero-order chi connectivity index (χ0) is 24.1. The van der Waals surface area contributed by atoms with Crippen LogP contribution in [0.25, 0.3) is 0 Å². The van der Waals surface area contributed by atoms with Gasteiger partial charge in [-0.25, -0.2) is 0 Å². The van der Waals surface area contributed by atoms with Crippen LogP contribution < -0.4 is 10.9 Å². The molecule has 33 heavy (non-hydrogen) atoms. The van der Waals surface area contributed by atoms with Crippen LogP contribution in [0.5, 0.6) is 0 Å². The highest BCUT2D eigenvalue weighted by Gasteiger charge is 2.20. The van der Waals surface area contributed by atoms with Gasteiger partial charge in [0.05, 0.1) is 0 Å². The van der Waals surface area contributed by atoms with Crippen LogP contribution in [0.2, 0.25) is 0 Å². The normalized spacial score (nSPS) is 12.5. The predicted molar refractivity (Wildman–Crippen MR) is 141 cm³/mol. The predicted octanol–water partition coefficient (Wildman–Crippen LogP) is 4.62. The quantitative estimate of drug-likeness (QED) is 0.286. The van der Waals surface area contributed by atoms with Gasteiger partial charge in [0, 0.05) is 24.2 Å². The maximum Gasteiger partial charge on any atom is 0.248 e. The second-order valence-electron chi connectivity index (χ2n) is 7.87. The van der Waals surface area contributed by atoms with Gasteiger partial charge in [-0.1, -0.05) is 99.7 Å². The van der Waals surface area contributed by atoms with Crippen LogP contribution in [0.3, 0.4) is 0 Å². The number of rotatable bonds is 10. The van der Waals surface area contributed by atoms with Gasteiger partial charge in [0.2, 0.25) is 11.8 Å². The van der Waals surface area contributed by atoms with Crippen molar-refractivity contribution < 1.29 is 9.59 Å². The van der Waals surface area contributed by atoms with Crippen LogP contribution in [-0.4, -0.2) is 44.9 Å². The molecule has 0 saturated carbocycles. The summed E-state index contributed by atoms with van der Waals surface area (Å²) in [7, 11) is 0. The minimum Gasteiger partial charge on any atom is -0.274 e. The summed E-state index contributed by atoms with van der Waals surface area (Å²) in [6.45, 7) is 5.32. The number of carbonyl (C=O) groups is 2. The van der Waals surface area contributed by atoms with Crippen LogP contribution in [0.1, 0.15) is 64.4 Å². The maximum absolute atomic E-state index is 12.7. The Kier molecular flexibility index (Phi) is 11.8. The fraction of sp³-hybridized carbons (Fsp3) is 0.440. The lowest BCUT2D eigenvalue weighted by Gasteiger charge is -2.28. The van der Waals surface area contributed by atoms with Crippen molar-refractivity contribution in [1.29, 1.82) is 0 Å². The summed E-state index contributed by atoms with van der Waals surface area (Å²) in [5.41, 5.74) is 7.40. The number of benzene rings is 1. The van der Waals surface area contributed by atoms with Crippen molar-refractivity contribution in [2.45, 2.75) is 58.8 Å². The number of unbranched alkanes of at least 4 members (excludes halogenated alkanes) is 2. The Morgan fingerprint density at radius 2 is 1.45 bits per heavy atom. The molecule has 0 unspecified atom stereocenters. The highest BCUT2D eigenvalue weighted by molar-refractivity contribution is 7.81. The molecule has 2 rings (SSSR count). The first-order valence-electron chi connectivity index (χ1n) is 11.6. The topological polar surface area (TPSA) is 64.7 Å². The van der Waals surface area contributed by atoms with Gasteiger partial charge in [0.1, 0.15) is 16.4 Å². The SMILES string of the molecule is CCCCN(NC(=O)CC(=O)NN(CCCC)C(=S)c1ccccc1)C(=S)C1=CCCC=C1. The zero-order valence-electron chi connectivity index (χ0n) is 19.5. The Hall–Kier alpha value is -2.58. The second-order valence-corrected chi connectivity index (χ2v) is 8.65. The van der Waals surface area contributed by atoms with Gasteiger partial charge < -0.3 is 0 Å². The molecule has 0 bridgehead atoms. The Bertz CT molecular complexity index is 884. The van der Waals surface area contributed by atoms with Crippen molar-refractivity contribution in [3.8, 4) is 0 Å². The Labute approximate surface area is 208 Å². The fourth-order valence-electron chi connectivity index (χ4n) is 3.24. The van der Waals surface area contributed by atoms with Crippen molar-refractivity contribution in [3.05, 3.63) is 59.7 Å². The molecule has 0 atom stereocenters. The molecule has 2 amide bonds. The van der Waals surface area contributed by atoms with Crippen molar-refractivity contribution in [3.63, 3.8) is 0 Å². The van der Waals surface area contributed by atoms with E-state index in [1.165, 1.54) is 0 Å². The number of hydrogen-bond donors (Lipinski definition) is 2. The molecule has 0 aromatic heterocycles. The molecule has 1 aromatic rings. The van der Waals surface area contributed by atoms with E-state index in [9.17, 15) is 9.59 Å². The van der Waals surface area contributed by atoms with Gasteiger partial charge in [-0.2, -0.15) is 0 Å². The number of hydrogen-bond acceptors (Lipinski definition) is 4. The number of nitrogens with one attached hydrogen (secondary N) is 2. The average Bonchev–Trinajstić information content (AvgIpc) is 2.84. The van der Waals surface area contributed by atoms with E-state index < -0.39 is 11.8 Å². The molecular weight excluding hydrogens is 452 g/mol. The highest BCUT2D eigenvalue weighted by Crippen LogP contribution is 2.14. The standard InChI is InChI=1S/C25H34N4O2S2/c1-3-5-17-28(24(32)20-13-9-7-10-14-20)26-22(30)19-23(31)27-29(18-6-4-2)25(33)21-15-11-8-12-16-21/h7,9-11,13-16H,3-6,8,12,17-19H2,1-2H3,(H,26,30)(H,27,31). The van der Waals surface area contributed by atoms with Crippen LogP contribution >= 0.6 is 24.4 Å². The summed E-state index contributed by atoms with van der Waals surface area (Å²) in [6.07, 6.45) is 11.4. The lowest BCUT2D eigenvalue weighted by molar-refractivity contribution is -0.132. The molecule has 1 aliphatic rings. The van der Waals surface area contributed by atoms with Crippen molar-refractivity contribution in [2.24, 2.45) is 0 Å². The highest BCUT2D eigenvalue weighted by atomic mass is 32.1. The summed E-state index contributed by atoms with van der Waals surface area (Å²) in [5.74, 6) is -0.826. The van der Waals surface area contributed by atoms with Gasteiger partial charge in [-0.15, -0.1) is 0 Å². The number of nitrogens with zero attached hydrogens (tertiary/aromatic N) is 2. The minimum absolute atomic E-state index is 0.319. The first-order chi connectivity index (χ1) is 16.0. The van der Waals surface area contributed by atoms with E-state index in [1.54, 1.807) is 10.0 Å². The molecule has 1 aromatic carbocycles. The number of hydrazine groups is 2. The molecule has 0 spiro atoms. The van der Waals surface area contributed by atoms with Gasteiger partial charge >= 0.3 is 0 Å². The lowest BCUT2D eigenvalue weighted by Crippen LogP contribution is -2.50. The van der Waals surface area contributed by atoms with Crippen LogP contribution in [-0.2, 0) is 9.59 Å². The first kappa shape index (κ1) is 26.7. The molecule has 1 aliphatic carbocycles. The number of carbonyl (C=O) groups excluding carboxylic acids is 2. The Balaban J connectivity index is 1.99. The minimum atomic E-state index is -0.417. The molecule has 0 radical (unpaired) electrons. The van der Waals surface area contributed by atoms with E-state index in [0.717, 1.165) is 49.7 Å². The van der Waals surface area contributed by atoms with Gasteiger partial charge in [-0.05, 0) is 25.7 Å². The van der Waals surface area contributed by atoms with E-state index >= 15 is 0 Å². The maximum atomic E-state index is 12.7. The molecular formula is C25H34N4O2S2. The van der Waals surface area contributed by atoms with Crippen molar-refractivity contribution in [2.75, 3.05) is 13.1 Å². The Morgan fingerprint density at radius 1 is 0.879 bits per heavy atom. The third-order valence-corrected chi connectivity index (χ3v) is 5.98. The largest absolute Gasteiger partial charge is 0.274 e. The van der Waals surface area contributed by atoms with E-state index in [0.29, 0.717) is 23.1 Å². The van der Waals surface area contributed by atoms with E-state index in [2.05, 4.69) is 36.9 Å². The fourth-order valence-corrected chi connectivity index (χ4v) is 3.80. The van der Waals surface area contributed by atoms with Crippen LogP contribution in [0.4, 0.5) is 0 Å². The van der Waals surface area contributed by atoms with Crippen LogP contribution in [0.15, 0.2) is 54.1 Å². The zero-order valence-corrected chi connectivity index (χ0v) is 21.1. The molecule has 0 saturated heterocycles. The summed E-state index contributed by atoms with van der Waals surface area (Å²) >= 11 is 11.2. The van der Waals surface area contributed by atoms with Crippen molar-refractivity contribution in [1.82, 2.24) is 20.9 Å². The third-order valence-electron chi connectivity index (χ3n) is 5.06. The van der Waals surface area contributed by atoms with Gasteiger partial charge in [-0.3, -0.25) is 30.5 Å². The summed E-state index contributed by atoms with van der Waals surface area (Å²) in [5, 5.41) is 3.33. The summed E-state index contributed by atoms with van der Waals surface area (Å²) in [6, 6.07) is 9.53. The molecule has 0 fully saturated rings. The van der Waals surface area contributed by atoms with Crippen molar-refractivity contribution >= 4 is 46.2 Å². The second kappa shape index (κ2) is 14.5. The van der Waals surface area contributed by atoms with E-state index in [1.807, 2.05) is 36.4 Å². The molecule has 8 heteroatoms. The van der Waals surface area contributed by atoms with Gasteiger partial charge in [0.25, 0.3) is 0 Å². The number of allylic oxidation sites excluding steroid dienone is 2. The molecule has 0 heterocycles. The molecule has 0 aliphatic heterocycles. The van der Waals surface area contributed by atoms with Gasteiger partial charge in [0.15, 0.2) is 0 Å². The summed E-state index contributed by atoms with van der Waals surface area (Å²) < 4.78 is 0. The van der Waals surface area contributed by atoms with Crippen LogP contribution in [0, 0.1) is 0 Å². The third kappa shape index (κ3) is 9.06. The lowest BCUT2D eigenvalue weighted by atomic mass is 10.1. The average molecular weight is 487 g/mol. The molecule has 6 nitrogen and oxygen atoms in total. The smallest absolute Gasteiger partial charge is 0.248 e.